The summed E-state index contributed by atoms with van der Waals surface area (Å²) in [6.07, 6.45) is 2.04. The molecule has 1 heterocycles. The van der Waals surface area contributed by atoms with Crippen molar-refractivity contribution in [2.45, 2.75) is 50.5 Å². The van der Waals surface area contributed by atoms with E-state index in [9.17, 15) is 22.8 Å². The Labute approximate surface area is 258 Å². The number of benzene rings is 3. The lowest BCUT2D eigenvalue weighted by atomic mass is 10.0. The van der Waals surface area contributed by atoms with Gasteiger partial charge in [0.05, 0.1) is 28.9 Å². The summed E-state index contributed by atoms with van der Waals surface area (Å²) in [6.45, 7) is 1.49. The standard InChI is InChI=1S/C32H32FN3O6S2/c1-2-13-44(40,41)30(31(39)34-18-28(37)35-23-11-12-23)32-36-26-17-25(33)24(16-27(26)43-32)22-10-6-9-21(14-22)15-29(38)42-19-20-7-4-3-5-8-20/h3-10,14,16-17,23,30H,2,11-13,15,18-19H2,1H3,(H,34,39)(H,35,37). The fourth-order valence-corrected chi connectivity index (χ4v) is 7.83. The van der Waals surface area contributed by atoms with Crippen molar-refractivity contribution in [3.63, 3.8) is 0 Å². The summed E-state index contributed by atoms with van der Waals surface area (Å²) in [5.41, 5.74) is 2.47. The summed E-state index contributed by atoms with van der Waals surface area (Å²) in [5, 5.41) is 3.55. The molecule has 2 N–H and O–H groups in total. The van der Waals surface area contributed by atoms with Gasteiger partial charge in [0, 0.05) is 17.7 Å². The number of fused-ring (bicyclic) bond motifs is 1. The maximum Gasteiger partial charge on any atom is 0.310 e. The predicted octanol–water partition coefficient (Wildman–Crippen LogP) is 4.65. The number of hydrogen-bond donors (Lipinski definition) is 2. The van der Waals surface area contributed by atoms with Gasteiger partial charge in [0.15, 0.2) is 15.1 Å². The highest BCUT2D eigenvalue weighted by atomic mass is 32.2. The molecule has 0 radical (unpaired) electrons. The fraction of sp³-hybridized carbons (Fsp3) is 0.312. The molecule has 1 unspecified atom stereocenters. The second-order valence-electron chi connectivity index (χ2n) is 10.7. The maximum atomic E-state index is 15.4. The second-order valence-corrected chi connectivity index (χ2v) is 13.9. The molecule has 0 spiro atoms. The number of halogens is 1. The first-order chi connectivity index (χ1) is 21.1. The Kier molecular flexibility index (Phi) is 9.70. The lowest BCUT2D eigenvalue weighted by molar-refractivity contribution is -0.144. The van der Waals surface area contributed by atoms with Crippen LogP contribution < -0.4 is 10.6 Å². The molecule has 1 aliphatic rings. The van der Waals surface area contributed by atoms with Gasteiger partial charge in [-0.15, -0.1) is 11.3 Å². The number of carbonyl (C=O) groups is 3. The van der Waals surface area contributed by atoms with Crippen LogP contribution in [0.25, 0.3) is 21.3 Å². The van der Waals surface area contributed by atoms with E-state index in [-0.39, 0.29) is 53.9 Å². The largest absolute Gasteiger partial charge is 0.461 e. The van der Waals surface area contributed by atoms with Gasteiger partial charge in [-0.25, -0.2) is 17.8 Å². The number of aromatic nitrogens is 1. The van der Waals surface area contributed by atoms with E-state index >= 15 is 4.39 Å². The Morgan fingerprint density at radius 3 is 2.52 bits per heavy atom. The van der Waals surface area contributed by atoms with Gasteiger partial charge >= 0.3 is 5.97 Å². The van der Waals surface area contributed by atoms with Gasteiger partial charge in [-0.2, -0.15) is 0 Å². The molecule has 2 amide bonds. The molecule has 4 aromatic rings. The van der Waals surface area contributed by atoms with Gasteiger partial charge < -0.3 is 15.4 Å². The molecule has 5 rings (SSSR count). The molecule has 0 aliphatic heterocycles. The zero-order chi connectivity index (χ0) is 31.3. The van der Waals surface area contributed by atoms with Crippen LogP contribution in [-0.2, 0) is 42.0 Å². The summed E-state index contributed by atoms with van der Waals surface area (Å²) in [4.78, 5) is 42.0. The highest BCUT2D eigenvalue weighted by Crippen LogP contribution is 2.36. The number of esters is 1. The van der Waals surface area contributed by atoms with Crippen LogP contribution in [0, 0.1) is 5.82 Å². The molecule has 1 saturated carbocycles. The molecule has 1 aromatic heterocycles. The summed E-state index contributed by atoms with van der Waals surface area (Å²) < 4.78 is 47.6. The van der Waals surface area contributed by atoms with Crippen molar-refractivity contribution >= 4 is 49.2 Å². The van der Waals surface area contributed by atoms with E-state index in [2.05, 4.69) is 15.6 Å². The number of hydrogen-bond acceptors (Lipinski definition) is 8. The predicted molar refractivity (Wildman–Crippen MR) is 166 cm³/mol. The van der Waals surface area contributed by atoms with Crippen molar-refractivity contribution in [3.05, 3.63) is 88.7 Å². The summed E-state index contributed by atoms with van der Waals surface area (Å²) in [5.74, 6) is -2.51. The van der Waals surface area contributed by atoms with Crippen molar-refractivity contribution in [1.82, 2.24) is 15.6 Å². The van der Waals surface area contributed by atoms with Gasteiger partial charge in [-0.3, -0.25) is 14.4 Å². The van der Waals surface area contributed by atoms with Crippen molar-refractivity contribution < 1.29 is 31.9 Å². The number of rotatable bonds is 13. The first-order valence-electron chi connectivity index (χ1n) is 14.3. The highest BCUT2D eigenvalue weighted by molar-refractivity contribution is 7.92. The first-order valence-corrected chi connectivity index (χ1v) is 16.8. The third-order valence-electron chi connectivity index (χ3n) is 7.00. The van der Waals surface area contributed by atoms with Crippen LogP contribution in [0.3, 0.4) is 0 Å². The van der Waals surface area contributed by atoms with Crippen LogP contribution in [0.5, 0.6) is 0 Å². The molecule has 12 heteroatoms. The molecular formula is C32H32FN3O6S2. The number of thiazole rings is 1. The molecule has 1 fully saturated rings. The van der Waals surface area contributed by atoms with E-state index < -0.39 is 38.7 Å². The molecule has 0 bridgehead atoms. The van der Waals surface area contributed by atoms with Gasteiger partial charge in [0.1, 0.15) is 17.4 Å². The van der Waals surface area contributed by atoms with Gasteiger partial charge in [0.25, 0.3) is 0 Å². The quantitative estimate of drug-likeness (QED) is 0.204. The monoisotopic (exact) mass is 637 g/mol. The zero-order valence-electron chi connectivity index (χ0n) is 24.0. The second kappa shape index (κ2) is 13.6. The van der Waals surface area contributed by atoms with E-state index in [4.69, 9.17) is 4.74 Å². The van der Waals surface area contributed by atoms with Crippen LogP contribution in [0.15, 0.2) is 66.7 Å². The van der Waals surface area contributed by atoms with Crippen LogP contribution in [-0.4, -0.2) is 49.5 Å². The maximum absolute atomic E-state index is 15.4. The lowest BCUT2D eigenvalue weighted by Crippen LogP contribution is -2.41. The van der Waals surface area contributed by atoms with E-state index in [1.165, 1.54) is 6.07 Å². The Balaban J connectivity index is 1.36. The van der Waals surface area contributed by atoms with E-state index in [0.29, 0.717) is 15.8 Å². The van der Waals surface area contributed by atoms with Gasteiger partial charge in [-0.1, -0.05) is 61.5 Å². The smallest absolute Gasteiger partial charge is 0.310 e. The van der Waals surface area contributed by atoms with Crippen LogP contribution in [0.1, 0.15) is 47.6 Å². The molecular weight excluding hydrogens is 605 g/mol. The summed E-state index contributed by atoms with van der Waals surface area (Å²) in [6, 6.07) is 19.1. The van der Waals surface area contributed by atoms with Crippen LogP contribution in [0.2, 0.25) is 0 Å². The topological polar surface area (TPSA) is 132 Å². The van der Waals surface area contributed by atoms with Crippen molar-refractivity contribution in [2.24, 2.45) is 0 Å². The summed E-state index contributed by atoms with van der Waals surface area (Å²) >= 11 is 0.986. The fourth-order valence-electron chi connectivity index (χ4n) is 4.70. The first kappa shape index (κ1) is 31.3. The minimum absolute atomic E-state index is 0.00000133. The normalized spacial score (nSPS) is 13.8. The number of amides is 2. The van der Waals surface area contributed by atoms with Crippen molar-refractivity contribution in [2.75, 3.05) is 12.3 Å². The number of carbonyl (C=O) groups excluding carboxylic acids is 3. The van der Waals surface area contributed by atoms with Gasteiger partial charge in [-0.05, 0) is 42.0 Å². The van der Waals surface area contributed by atoms with E-state index in [0.717, 1.165) is 29.7 Å². The van der Waals surface area contributed by atoms with E-state index in [1.54, 1.807) is 37.3 Å². The Bertz CT molecular complexity index is 1790. The summed E-state index contributed by atoms with van der Waals surface area (Å²) in [7, 11) is -3.98. The van der Waals surface area contributed by atoms with Crippen molar-refractivity contribution in [3.8, 4) is 11.1 Å². The number of nitrogens with zero attached hydrogens (tertiary/aromatic N) is 1. The minimum atomic E-state index is -3.98. The molecule has 3 aromatic carbocycles. The molecule has 9 nitrogen and oxygen atoms in total. The van der Waals surface area contributed by atoms with Gasteiger partial charge in [0.2, 0.25) is 11.8 Å². The lowest BCUT2D eigenvalue weighted by Gasteiger charge is -2.15. The van der Waals surface area contributed by atoms with Crippen LogP contribution >= 0.6 is 11.3 Å². The molecule has 44 heavy (non-hydrogen) atoms. The number of ether oxygens (including phenoxy) is 1. The van der Waals surface area contributed by atoms with Crippen molar-refractivity contribution in [1.29, 1.82) is 0 Å². The average Bonchev–Trinajstić information content (AvgIpc) is 3.72. The SMILES string of the molecule is CCCS(=O)(=O)C(C(=O)NCC(=O)NC1CC1)c1nc2cc(F)c(-c3cccc(CC(=O)OCc4ccccc4)c3)cc2s1. The molecule has 230 valence electrons. The molecule has 1 atom stereocenters. The van der Waals surface area contributed by atoms with E-state index in [1.807, 2.05) is 30.3 Å². The molecule has 1 aliphatic carbocycles. The third kappa shape index (κ3) is 7.86. The van der Waals surface area contributed by atoms with Crippen LogP contribution in [0.4, 0.5) is 4.39 Å². The average molecular weight is 638 g/mol. The molecule has 0 saturated heterocycles. The number of nitrogens with one attached hydrogen (secondary N) is 2. The Morgan fingerprint density at radius 2 is 1.80 bits per heavy atom. The zero-order valence-corrected chi connectivity index (χ0v) is 25.7. The Morgan fingerprint density at radius 1 is 1.05 bits per heavy atom. The number of sulfone groups is 1. The third-order valence-corrected chi connectivity index (χ3v) is 10.4. The highest BCUT2D eigenvalue weighted by Gasteiger charge is 2.37. The minimum Gasteiger partial charge on any atom is -0.461 e. The Hall–Kier alpha value is -4.16.